The Balaban J connectivity index is 1.61. The standard InChI is InChI=1S/C23H16N2O7/c26-20(12-24-22(28)16-8-4-5-9-17(16)23(24)29)18-10-15(11-19(21(18)27)25(30)31)32-13-14-6-2-1-3-7-14/h1-11,27H,12-13H2. The second-order valence-electron chi connectivity index (χ2n) is 7.04. The Labute approximate surface area is 181 Å². The summed E-state index contributed by atoms with van der Waals surface area (Å²) in [4.78, 5) is 49.2. The number of hydrogen-bond donors (Lipinski definition) is 1. The first kappa shape index (κ1) is 20.7. The lowest BCUT2D eigenvalue weighted by molar-refractivity contribution is -0.386. The van der Waals surface area contributed by atoms with Gasteiger partial charge < -0.3 is 9.84 Å². The lowest BCUT2D eigenvalue weighted by Crippen LogP contribution is -2.35. The van der Waals surface area contributed by atoms with Gasteiger partial charge in [0.05, 0.1) is 34.2 Å². The lowest BCUT2D eigenvalue weighted by atomic mass is 10.1. The minimum atomic E-state index is -0.858. The van der Waals surface area contributed by atoms with Crippen molar-refractivity contribution < 1.29 is 29.2 Å². The number of amides is 2. The first-order valence-corrected chi connectivity index (χ1v) is 9.53. The third-order valence-electron chi connectivity index (χ3n) is 4.99. The number of benzene rings is 3. The van der Waals surface area contributed by atoms with Gasteiger partial charge in [-0.15, -0.1) is 0 Å². The van der Waals surface area contributed by atoms with E-state index >= 15 is 0 Å². The molecule has 160 valence electrons. The molecule has 1 aliphatic heterocycles. The summed E-state index contributed by atoms with van der Waals surface area (Å²) in [5.41, 5.74) is -0.0110. The van der Waals surface area contributed by atoms with E-state index in [4.69, 9.17) is 4.74 Å². The molecular formula is C23H16N2O7. The van der Waals surface area contributed by atoms with E-state index in [1.807, 2.05) is 6.07 Å². The Morgan fingerprint density at radius 2 is 1.56 bits per heavy atom. The average Bonchev–Trinajstić information content (AvgIpc) is 3.03. The van der Waals surface area contributed by atoms with Crippen LogP contribution in [0, 0.1) is 10.1 Å². The summed E-state index contributed by atoms with van der Waals surface area (Å²) in [5.74, 6) is -3.01. The Bertz CT molecular complexity index is 1220. The molecule has 1 heterocycles. The Morgan fingerprint density at radius 1 is 0.969 bits per heavy atom. The van der Waals surface area contributed by atoms with Gasteiger partial charge in [0.15, 0.2) is 5.78 Å². The molecule has 0 aliphatic carbocycles. The molecule has 3 aromatic carbocycles. The van der Waals surface area contributed by atoms with Gasteiger partial charge in [-0.05, 0) is 23.8 Å². The fraction of sp³-hybridized carbons (Fsp3) is 0.0870. The number of rotatable bonds is 7. The molecule has 0 bridgehead atoms. The van der Waals surface area contributed by atoms with Crippen LogP contribution < -0.4 is 4.74 Å². The predicted molar refractivity (Wildman–Crippen MR) is 112 cm³/mol. The van der Waals surface area contributed by atoms with E-state index in [1.165, 1.54) is 12.1 Å². The molecule has 9 heteroatoms. The van der Waals surface area contributed by atoms with E-state index in [1.54, 1.807) is 36.4 Å². The maximum absolute atomic E-state index is 12.9. The van der Waals surface area contributed by atoms with Gasteiger partial charge in [-0.2, -0.15) is 0 Å². The van der Waals surface area contributed by atoms with Crippen molar-refractivity contribution in [3.05, 3.63) is 99.1 Å². The molecule has 0 radical (unpaired) electrons. The summed E-state index contributed by atoms with van der Waals surface area (Å²) in [7, 11) is 0. The van der Waals surface area contributed by atoms with Crippen molar-refractivity contribution in [3.8, 4) is 11.5 Å². The summed E-state index contributed by atoms with van der Waals surface area (Å²) in [6.45, 7) is -0.603. The molecule has 3 aromatic rings. The number of aromatic hydroxyl groups is 1. The van der Waals surface area contributed by atoms with Crippen molar-refractivity contribution in [2.75, 3.05) is 6.54 Å². The fourth-order valence-corrected chi connectivity index (χ4v) is 3.38. The molecule has 1 N–H and O–H groups in total. The van der Waals surface area contributed by atoms with Gasteiger partial charge in [0.1, 0.15) is 12.4 Å². The van der Waals surface area contributed by atoms with Crippen LogP contribution in [0.25, 0.3) is 0 Å². The van der Waals surface area contributed by atoms with Crippen LogP contribution in [0.3, 0.4) is 0 Å². The number of ketones is 1. The summed E-state index contributed by atoms with van der Waals surface area (Å²) >= 11 is 0. The van der Waals surface area contributed by atoms with Gasteiger partial charge >= 0.3 is 5.69 Å². The minimum Gasteiger partial charge on any atom is -0.502 e. The molecule has 2 amide bonds. The zero-order valence-electron chi connectivity index (χ0n) is 16.6. The Morgan fingerprint density at radius 3 is 2.16 bits per heavy atom. The molecule has 0 atom stereocenters. The van der Waals surface area contributed by atoms with E-state index in [0.717, 1.165) is 22.6 Å². The van der Waals surface area contributed by atoms with Crippen LogP contribution in [-0.4, -0.2) is 39.1 Å². The van der Waals surface area contributed by atoms with Gasteiger partial charge in [0.25, 0.3) is 11.8 Å². The molecule has 0 spiro atoms. The third kappa shape index (κ3) is 3.79. The molecule has 0 saturated carbocycles. The number of carbonyl (C=O) groups is 3. The number of nitro benzene ring substituents is 1. The smallest absolute Gasteiger partial charge is 0.315 e. The third-order valence-corrected chi connectivity index (χ3v) is 4.99. The largest absolute Gasteiger partial charge is 0.502 e. The van der Waals surface area contributed by atoms with E-state index in [0.29, 0.717) is 0 Å². The number of nitrogens with zero attached hydrogens (tertiary/aromatic N) is 2. The first-order chi connectivity index (χ1) is 15.4. The maximum atomic E-state index is 12.9. The van der Waals surface area contributed by atoms with Crippen molar-refractivity contribution in [3.63, 3.8) is 0 Å². The van der Waals surface area contributed by atoms with E-state index in [2.05, 4.69) is 0 Å². The highest BCUT2D eigenvalue weighted by Gasteiger charge is 2.37. The molecular weight excluding hydrogens is 416 g/mol. The lowest BCUT2D eigenvalue weighted by Gasteiger charge is -2.14. The van der Waals surface area contributed by atoms with Crippen LogP contribution >= 0.6 is 0 Å². The summed E-state index contributed by atoms with van der Waals surface area (Å²) in [6, 6.07) is 17.3. The highest BCUT2D eigenvalue weighted by atomic mass is 16.6. The van der Waals surface area contributed by atoms with Gasteiger partial charge in [-0.3, -0.25) is 29.4 Å². The number of ether oxygens (including phenoxy) is 1. The topological polar surface area (TPSA) is 127 Å². The van der Waals surface area contributed by atoms with Crippen LogP contribution in [0.2, 0.25) is 0 Å². The van der Waals surface area contributed by atoms with Crippen molar-refractivity contribution in [1.29, 1.82) is 0 Å². The zero-order chi connectivity index (χ0) is 22.8. The number of imide groups is 1. The monoisotopic (exact) mass is 432 g/mol. The number of fused-ring (bicyclic) bond motifs is 1. The molecule has 0 aromatic heterocycles. The second kappa shape index (κ2) is 8.31. The summed E-state index contributed by atoms with van der Waals surface area (Å²) < 4.78 is 5.58. The predicted octanol–water partition coefficient (Wildman–Crippen LogP) is 3.36. The van der Waals surface area contributed by atoms with E-state index in [9.17, 15) is 29.6 Å². The molecule has 32 heavy (non-hydrogen) atoms. The summed E-state index contributed by atoms with van der Waals surface area (Å²) in [6.07, 6.45) is 0. The van der Waals surface area contributed by atoms with E-state index < -0.39 is 46.1 Å². The van der Waals surface area contributed by atoms with Gasteiger partial charge in [0, 0.05) is 0 Å². The van der Waals surface area contributed by atoms with Crippen LogP contribution in [0.1, 0.15) is 36.6 Å². The van der Waals surface area contributed by atoms with Crippen LogP contribution in [-0.2, 0) is 6.61 Å². The van der Waals surface area contributed by atoms with Crippen molar-refractivity contribution >= 4 is 23.3 Å². The number of phenolic OH excluding ortho intramolecular Hbond substituents is 1. The second-order valence-corrected chi connectivity index (χ2v) is 7.04. The van der Waals surface area contributed by atoms with Crippen molar-refractivity contribution in [2.24, 2.45) is 0 Å². The van der Waals surface area contributed by atoms with Gasteiger partial charge in [-0.1, -0.05) is 42.5 Å². The van der Waals surface area contributed by atoms with E-state index in [-0.39, 0.29) is 23.5 Å². The van der Waals surface area contributed by atoms with Crippen molar-refractivity contribution in [1.82, 2.24) is 4.90 Å². The fourth-order valence-electron chi connectivity index (χ4n) is 3.38. The van der Waals surface area contributed by atoms with Crippen LogP contribution in [0.4, 0.5) is 5.69 Å². The zero-order valence-corrected chi connectivity index (χ0v) is 16.6. The average molecular weight is 432 g/mol. The maximum Gasteiger partial charge on any atom is 0.315 e. The molecule has 0 saturated heterocycles. The van der Waals surface area contributed by atoms with Gasteiger partial charge in [-0.25, -0.2) is 0 Å². The number of hydrogen-bond acceptors (Lipinski definition) is 7. The molecule has 1 aliphatic rings. The Kier molecular flexibility index (Phi) is 5.38. The highest BCUT2D eigenvalue weighted by molar-refractivity contribution is 6.23. The number of Topliss-reactive ketones (excluding diaryl/α,β-unsaturated/α-hetero) is 1. The number of phenols is 1. The number of carbonyl (C=O) groups excluding carboxylic acids is 3. The SMILES string of the molecule is O=C(CN1C(=O)c2ccccc2C1=O)c1cc(OCc2ccccc2)cc([N+](=O)[O-])c1O. The Hall–Kier alpha value is -4.53. The van der Waals surface area contributed by atoms with Gasteiger partial charge in [0.2, 0.25) is 5.75 Å². The molecule has 4 rings (SSSR count). The quantitative estimate of drug-likeness (QED) is 0.262. The number of nitro groups is 1. The molecule has 0 fully saturated rings. The highest BCUT2D eigenvalue weighted by Crippen LogP contribution is 2.35. The summed E-state index contributed by atoms with van der Waals surface area (Å²) in [5, 5.41) is 21.7. The van der Waals surface area contributed by atoms with Crippen LogP contribution in [0.5, 0.6) is 11.5 Å². The van der Waals surface area contributed by atoms with Crippen molar-refractivity contribution in [2.45, 2.75) is 6.61 Å². The molecule has 9 nitrogen and oxygen atoms in total. The first-order valence-electron chi connectivity index (χ1n) is 9.53. The minimum absolute atomic E-state index is 0.0101. The normalized spacial score (nSPS) is 12.6. The molecule has 0 unspecified atom stereocenters. The van der Waals surface area contributed by atoms with Crippen LogP contribution in [0.15, 0.2) is 66.7 Å².